The fraction of sp³-hybridized carbons (Fsp3) is 0.406. The first kappa shape index (κ1) is 31.3. The maximum atomic E-state index is 13.6. The summed E-state index contributed by atoms with van der Waals surface area (Å²) in [6.07, 6.45) is -0.0201. The number of amides is 1. The van der Waals surface area contributed by atoms with Gasteiger partial charge in [0.05, 0.1) is 37.3 Å². The molecule has 9 nitrogen and oxygen atoms in total. The minimum Gasteiger partial charge on any atom is -0.497 e. The topological polar surface area (TPSA) is 117 Å². The van der Waals surface area contributed by atoms with Gasteiger partial charge in [-0.2, -0.15) is 0 Å². The second-order valence-corrected chi connectivity index (χ2v) is 13.0. The van der Waals surface area contributed by atoms with Crippen LogP contribution in [-0.2, 0) is 22.0 Å². The van der Waals surface area contributed by atoms with Gasteiger partial charge in [-0.3, -0.25) is 9.10 Å². The van der Waals surface area contributed by atoms with Gasteiger partial charge in [0.2, 0.25) is 10.0 Å². The predicted octanol–water partition coefficient (Wildman–Crippen LogP) is 3.86. The van der Waals surface area contributed by atoms with Crippen LogP contribution in [0.3, 0.4) is 0 Å². The molecule has 42 heavy (non-hydrogen) atoms. The Labute approximate surface area is 248 Å². The van der Waals surface area contributed by atoms with E-state index in [-0.39, 0.29) is 17.9 Å². The fourth-order valence-electron chi connectivity index (χ4n) is 5.06. The van der Waals surface area contributed by atoms with Crippen LogP contribution in [0.15, 0.2) is 72.8 Å². The molecule has 0 aromatic heterocycles. The van der Waals surface area contributed by atoms with Crippen molar-refractivity contribution in [2.24, 2.45) is 0 Å². The third-order valence-corrected chi connectivity index (χ3v) is 9.35. The van der Waals surface area contributed by atoms with Crippen molar-refractivity contribution in [3.05, 3.63) is 89.5 Å². The highest BCUT2D eigenvalue weighted by atomic mass is 32.2. The van der Waals surface area contributed by atoms with E-state index in [4.69, 9.17) is 9.47 Å². The number of nitrogens with one attached hydrogen (secondary N) is 2. The van der Waals surface area contributed by atoms with Crippen LogP contribution >= 0.6 is 0 Å². The first-order valence-corrected chi connectivity index (χ1v) is 15.8. The average Bonchev–Trinajstić information content (AvgIpc) is 3.34. The highest BCUT2D eigenvalue weighted by Gasteiger charge is 2.31. The van der Waals surface area contributed by atoms with Gasteiger partial charge in [0.25, 0.3) is 5.91 Å². The number of rotatable bonds is 13. The Hall–Kier alpha value is -3.60. The molecule has 0 bridgehead atoms. The Bertz CT molecular complexity index is 1460. The highest BCUT2D eigenvalue weighted by molar-refractivity contribution is 7.93. The molecule has 1 heterocycles. The SMILES string of the molecule is CCOc1cc(C(=O)N[C@@H](Cc2ccccc2)[C@H](O)CNC(C)(C)c2cccc(OC)c2)cc(N2CCCS2(=O)=O)c1. The monoisotopic (exact) mass is 595 g/mol. The van der Waals surface area contributed by atoms with Gasteiger partial charge in [-0.05, 0) is 69.0 Å². The van der Waals surface area contributed by atoms with Crippen LogP contribution in [0.2, 0.25) is 0 Å². The van der Waals surface area contributed by atoms with Crippen LogP contribution in [0.1, 0.15) is 48.7 Å². The molecule has 2 atom stereocenters. The maximum absolute atomic E-state index is 13.6. The van der Waals surface area contributed by atoms with Gasteiger partial charge < -0.3 is 25.2 Å². The van der Waals surface area contributed by atoms with Crippen LogP contribution in [0.5, 0.6) is 11.5 Å². The van der Waals surface area contributed by atoms with Gasteiger partial charge in [-0.15, -0.1) is 0 Å². The number of benzene rings is 3. The van der Waals surface area contributed by atoms with E-state index in [9.17, 15) is 18.3 Å². The second kappa shape index (κ2) is 13.6. The molecule has 0 saturated carbocycles. The number of sulfonamides is 1. The smallest absolute Gasteiger partial charge is 0.251 e. The van der Waals surface area contributed by atoms with Gasteiger partial charge in [0.1, 0.15) is 11.5 Å². The number of carbonyl (C=O) groups is 1. The van der Waals surface area contributed by atoms with E-state index in [1.165, 1.54) is 4.31 Å². The molecule has 3 aromatic rings. The summed E-state index contributed by atoms with van der Waals surface area (Å²) in [5.41, 5.74) is 2.12. The summed E-state index contributed by atoms with van der Waals surface area (Å²) in [6, 6.07) is 21.6. The molecule has 1 amide bonds. The molecule has 3 N–H and O–H groups in total. The lowest BCUT2D eigenvalue weighted by Gasteiger charge is -2.31. The third-order valence-electron chi connectivity index (χ3n) is 7.48. The fourth-order valence-corrected chi connectivity index (χ4v) is 6.61. The lowest BCUT2D eigenvalue weighted by atomic mass is 9.93. The normalized spacial score (nSPS) is 16.1. The van der Waals surface area contributed by atoms with E-state index >= 15 is 0 Å². The minimum atomic E-state index is -3.45. The van der Waals surface area contributed by atoms with Crippen molar-refractivity contribution in [3.8, 4) is 11.5 Å². The standard InChI is InChI=1S/C32H41N3O6S/c1-5-41-28-19-24(18-26(21-28)35-15-10-16-42(35,38)39)31(37)34-29(17-23-11-7-6-8-12-23)30(36)22-33-32(2,3)25-13-9-14-27(20-25)40-4/h6-9,11-14,18-21,29-30,33,36H,5,10,15-17,22H2,1-4H3,(H,34,37)/t29-,30+/m0/s1. The summed E-state index contributed by atoms with van der Waals surface area (Å²) in [5.74, 6) is 0.788. The Balaban J connectivity index is 1.56. The first-order valence-electron chi connectivity index (χ1n) is 14.2. The summed E-state index contributed by atoms with van der Waals surface area (Å²) in [6.45, 7) is 6.78. The summed E-state index contributed by atoms with van der Waals surface area (Å²) in [7, 11) is -1.83. The number of hydrogen-bond acceptors (Lipinski definition) is 7. The van der Waals surface area contributed by atoms with Crippen molar-refractivity contribution in [1.82, 2.24) is 10.6 Å². The van der Waals surface area contributed by atoms with Crippen LogP contribution in [0.4, 0.5) is 5.69 Å². The summed E-state index contributed by atoms with van der Waals surface area (Å²) in [4.78, 5) is 13.6. The molecule has 10 heteroatoms. The largest absolute Gasteiger partial charge is 0.497 e. The molecule has 0 unspecified atom stereocenters. The lowest BCUT2D eigenvalue weighted by Crippen LogP contribution is -2.51. The number of carbonyl (C=O) groups excluding carboxylic acids is 1. The quantitative estimate of drug-likeness (QED) is 0.275. The predicted molar refractivity (Wildman–Crippen MR) is 165 cm³/mol. The van der Waals surface area contributed by atoms with Crippen molar-refractivity contribution in [1.29, 1.82) is 0 Å². The average molecular weight is 596 g/mol. The molecular weight excluding hydrogens is 554 g/mol. The van der Waals surface area contributed by atoms with E-state index < -0.39 is 33.6 Å². The van der Waals surface area contributed by atoms with Crippen molar-refractivity contribution in [2.45, 2.75) is 51.3 Å². The first-order chi connectivity index (χ1) is 20.0. The third kappa shape index (κ3) is 7.81. The molecule has 4 rings (SSSR count). The summed E-state index contributed by atoms with van der Waals surface area (Å²) in [5, 5.41) is 17.8. The Kier molecular flexibility index (Phi) is 10.1. The van der Waals surface area contributed by atoms with E-state index in [0.717, 1.165) is 16.9 Å². The maximum Gasteiger partial charge on any atom is 0.251 e. The molecule has 3 aromatic carbocycles. The lowest BCUT2D eigenvalue weighted by molar-refractivity contribution is 0.0813. The van der Waals surface area contributed by atoms with Crippen molar-refractivity contribution in [3.63, 3.8) is 0 Å². The zero-order valence-corrected chi connectivity index (χ0v) is 25.5. The number of aliphatic hydroxyl groups is 1. The van der Waals surface area contributed by atoms with E-state index in [2.05, 4.69) is 10.6 Å². The molecule has 1 aliphatic heterocycles. The number of aliphatic hydroxyl groups excluding tert-OH is 1. The van der Waals surface area contributed by atoms with E-state index in [0.29, 0.717) is 37.4 Å². The molecule has 0 aliphatic carbocycles. The minimum absolute atomic E-state index is 0.0673. The Morgan fingerprint density at radius 2 is 1.81 bits per heavy atom. The van der Waals surface area contributed by atoms with Gasteiger partial charge in [-0.25, -0.2) is 8.42 Å². The van der Waals surface area contributed by atoms with Crippen LogP contribution < -0.4 is 24.4 Å². The zero-order chi connectivity index (χ0) is 30.3. The second-order valence-electron chi connectivity index (χ2n) is 11.0. The van der Waals surface area contributed by atoms with Crippen molar-refractivity contribution < 1.29 is 27.8 Å². The number of anilines is 1. The molecule has 1 saturated heterocycles. The van der Waals surface area contributed by atoms with Crippen LogP contribution in [-0.4, -0.2) is 64.1 Å². The van der Waals surface area contributed by atoms with Gasteiger partial charge in [0.15, 0.2) is 0 Å². The number of ether oxygens (including phenoxy) is 2. The highest BCUT2D eigenvalue weighted by Crippen LogP contribution is 2.30. The molecule has 226 valence electrons. The van der Waals surface area contributed by atoms with E-state index in [1.807, 2.05) is 75.4 Å². The van der Waals surface area contributed by atoms with Crippen LogP contribution in [0.25, 0.3) is 0 Å². The van der Waals surface area contributed by atoms with Gasteiger partial charge in [-0.1, -0.05) is 42.5 Å². The molecule has 1 aliphatic rings. The van der Waals surface area contributed by atoms with Gasteiger partial charge in [0, 0.05) is 30.3 Å². The zero-order valence-electron chi connectivity index (χ0n) is 24.7. The number of nitrogens with zero attached hydrogens (tertiary/aromatic N) is 1. The number of methoxy groups -OCH3 is 1. The molecular formula is C32H41N3O6S. The Morgan fingerprint density at radius 3 is 2.48 bits per heavy atom. The van der Waals surface area contributed by atoms with E-state index in [1.54, 1.807) is 25.3 Å². The summed E-state index contributed by atoms with van der Waals surface area (Å²) < 4.78 is 37.6. The summed E-state index contributed by atoms with van der Waals surface area (Å²) >= 11 is 0. The Morgan fingerprint density at radius 1 is 1.05 bits per heavy atom. The number of hydrogen-bond donors (Lipinski definition) is 3. The van der Waals surface area contributed by atoms with Crippen LogP contribution in [0, 0.1) is 0 Å². The van der Waals surface area contributed by atoms with Crippen molar-refractivity contribution in [2.75, 3.05) is 36.9 Å². The molecule has 1 fully saturated rings. The molecule has 0 spiro atoms. The molecule has 0 radical (unpaired) electrons. The van der Waals surface area contributed by atoms with Gasteiger partial charge >= 0.3 is 0 Å². The van der Waals surface area contributed by atoms with Crippen molar-refractivity contribution >= 4 is 21.6 Å².